The van der Waals surface area contributed by atoms with Gasteiger partial charge in [0.05, 0.1) is 11.7 Å². The Morgan fingerprint density at radius 1 is 1.29 bits per heavy atom. The molecule has 0 saturated carbocycles. The molecule has 3 amide bonds. The lowest BCUT2D eigenvalue weighted by Crippen LogP contribution is -2.31. The van der Waals surface area contributed by atoms with Crippen LogP contribution in [0.5, 0.6) is 5.75 Å². The molecule has 2 aromatic rings. The number of carbonyl (C=O) groups excluding carboxylic acids is 2. The second-order valence-electron chi connectivity index (χ2n) is 5.39. The number of hydrogen-bond donors (Lipinski definition) is 3. The molecule has 1 aliphatic heterocycles. The summed E-state index contributed by atoms with van der Waals surface area (Å²) < 4.78 is 5.32. The zero-order chi connectivity index (χ0) is 17.1. The van der Waals surface area contributed by atoms with Gasteiger partial charge in [0.1, 0.15) is 5.75 Å². The van der Waals surface area contributed by atoms with Gasteiger partial charge in [0.25, 0.3) is 5.91 Å². The van der Waals surface area contributed by atoms with Crippen molar-refractivity contribution in [3.8, 4) is 5.75 Å². The molecule has 1 heterocycles. The minimum atomic E-state index is -0.359. The smallest absolute Gasteiger partial charge is 0.319 e. The van der Waals surface area contributed by atoms with E-state index in [0.29, 0.717) is 22.1 Å². The minimum Gasteiger partial charge on any atom is -0.482 e. The van der Waals surface area contributed by atoms with Crippen molar-refractivity contribution in [1.82, 2.24) is 5.32 Å². The highest BCUT2D eigenvalue weighted by Crippen LogP contribution is 2.30. The van der Waals surface area contributed by atoms with E-state index >= 15 is 0 Å². The molecular weight excluding hydrogens is 330 g/mol. The fourth-order valence-electron chi connectivity index (χ4n) is 2.42. The number of rotatable bonds is 3. The van der Waals surface area contributed by atoms with E-state index in [0.717, 1.165) is 5.56 Å². The minimum absolute atomic E-state index is 0.0355. The second-order valence-corrected chi connectivity index (χ2v) is 5.80. The van der Waals surface area contributed by atoms with Gasteiger partial charge in [-0.2, -0.15) is 0 Å². The highest BCUT2D eigenvalue weighted by atomic mass is 35.5. The third kappa shape index (κ3) is 3.60. The van der Waals surface area contributed by atoms with Crippen LogP contribution in [0, 0.1) is 0 Å². The first-order valence-corrected chi connectivity index (χ1v) is 7.79. The van der Waals surface area contributed by atoms with Crippen LogP contribution < -0.4 is 20.7 Å². The van der Waals surface area contributed by atoms with Crippen molar-refractivity contribution in [3.63, 3.8) is 0 Å². The first-order chi connectivity index (χ1) is 11.5. The predicted molar refractivity (Wildman–Crippen MR) is 92.6 cm³/mol. The first-order valence-electron chi connectivity index (χ1n) is 7.41. The Bertz CT molecular complexity index is 794. The molecule has 1 unspecified atom stereocenters. The number of amides is 3. The fraction of sp³-hybridized carbons (Fsp3) is 0.176. The molecule has 3 N–H and O–H groups in total. The standard InChI is InChI=1S/C17H16ClN3O3/c1-10(12-4-2-3-5-13(12)18)19-17(23)20-11-6-7-14-15(8-11)24-9-16(22)21-14/h2-8,10H,9H2,1H3,(H,21,22)(H2,19,20,23). The van der Waals surface area contributed by atoms with E-state index in [4.69, 9.17) is 16.3 Å². The molecule has 0 radical (unpaired) electrons. The molecule has 0 bridgehead atoms. The molecule has 0 saturated heterocycles. The average molecular weight is 346 g/mol. The zero-order valence-corrected chi connectivity index (χ0v) is 13.7. The summed E-state index contributed by atoms with van der Waals surface area (Å²) in [5.41, 5.74) is 1.99. The number of hydrogen-bond acceptors (Lipinski definition) is 3. The number of benzene rings is 2. The van der Waals surface area contributed by atoms with Crippen LogP contribution in [0.25, 0.3) is 0 Å². The van der Waals surface area contributed by atoms with Crippen LogP contribution in [0.4, 0.5) is 16.2 Å². The van der Waals surface area contributed by atoms with Gasteiger partial charge in [0.2, 0.25) is 0 Å². The summed E-state index contributed by atoms with van der Waals surface area (Å²) in [6.07, 6.45) is 0. The maximum atomic E-state index is 12.2. The lowest BCUT2D eigenvalue weighted by Gasteiger charge is -2.19. The van der Waals surface area contributed by atoms with Gasteiger partial charge >= 0.3 is 6.03 Å². The van der Waals surface area contributed by atoms with Crippen LogP contribution in [-0.2, 0) is 4.79 Å². The molecule has 2 aromatic carbocycles. The van der Waals surface area contributed by atoms with Crippen LogP contribution in [0.1, 0.15) is 18.5 Å². The normalized spacial score (nSPS) is 14.0. The summed E-state index contributed by atoms with van der Waals surface area (Å²) >= 11 is 6.13. The number of urea groups is 1. The fourth-order valence-corrected chi connectivity index (χ4v) is 2.72. The summed E-state index contributed by atoms with van der Waals surface area (Å²) in [7, 11) is 0. The monoisotopic (exact) mass is 345 g/mol. The molecule has 1 aliphatic rings. The van der Waals surface area contributed by atoms with Crippen LogP contribution in [0.15, 0.2) is 42.5 Å². The Labute approximate surface area is 144 Å². The van der Waals surface area contributed by atoms with Crippen LogP contribution >= 0.6 is 11.6 Å². The van der Waals surface area contributed by atoms with Crippen molar-refractivity contribution in [2.24, 2.45) is 0 Å². The lowest BCUT2D eigenvalue weighted by molar-refractivity contribution is -0.118. The number of ether oxygens (including phenoxy) is 1. The van der Waals surface area contributed by atoms with E-state index in [1.54, 1.807) is 24.3 Å². The van der Waals surface area contributed by atoms with E-state index < -0.39 is 0 Å². The molecule has 7 heteroatoms. The summed E-state index contributed by atoms with van der Waals surface area (Å²) in [5.74, 6) is 0.320. The average Bonchev–Trinajstić information content (AvgIpc) is 2.55. The van der Waals surface area contributed by atoms with Gasteiger partial charge in [-0.3, -0.25) is 4.79 Å². The van der Waals surface area contributed by atoms with E-state index in [1.165, 1.54) is 0 Å². The summed E-state index contributed by atoms with van der Waals surface area (Å²) in [6, 6.07) is 11.8. The molecule has 3 rings (SSSR count). The topological polar surface area (TPSA) is 79.5 Å². The van der Waals surface area contributed by atoms with Crippen molar-refractivity contribution >= 4 is 34.9 Å². The van der Waals surface area contributed by atoms with Gasteiger partial charge in [-0.05, 0) is 30.7 Å². The Balaban J connectivity index is 1.65. The number of carbonyl (C=O) groups is 2. The number of fused-ring (bicyclic) bond motifs is 1. The van der Waals surface area contributed by atoms with Crippen molar-refractivity contribution in [3.05, 3.63) is 53.1 Å². The third-order valence-corrected chi connectivity index (χ3v) is 3.94. The Morgan fingerprint density at radius 2 is 2.08 bits per heavy atom. The zero-order valence-electron chi connectivity index (χ0n) is 12.9. The van der Waals surface area contributed by atoms with Crippen molar-refractivity contribution in [2.45, 2.75) is 13.0 Å². The van der Waals surface area contributed by atoms with E-state index in [9.17, 15) is 9.59 Å². The molecule has 6 nitrogen and oxygen atoms in total. The molecule has 124 valence electrons. The number of nitrogens with one attached hydrogen (secondary N) is 3. The van der Waals surface area contributed by atoms with Crippen LogP contribution in [-0.4, -0.2) is 18.5 Å². The predicted octanol–water partition coefficient (Wildman–Crippen LogP) is 3.55. The largest absolute Gasteiger partial charge is 0.482 e. The van der Waals surface area contributed by atoms with Crippen molar-refractivity contribution in [2.75, 3.05) is 17.2 Å². The van der Waals surface area contributed by atoms with Gasteiger partial charge in [0, 0.05) is 16.8 Å². The maximum Gasteiger partial charge on any atom is 0.319 e. The molecule has 0 aliphatic carbocycles. The Morgan fingerprint density at radius 3 is 2.88 bits per heavy atom. The van der Waals surface area contributed by atoms with Gasteiger partial charge < -0.3 is 20.7 Å². The molecule has 0 fully saturated rings. The van der Waals surface area contributed by atoms with Gasteiger partial charge in [-0.15, -0.1) is 0 Å². The van der Waals surface area contributed by atoms with Gasteiger partial charge in [-0.25, -0.2) is 4.79 Å². The summed E-state index contributed by atoms with van der Waals surface area (Å²) in [6.45, 7) is 1.82. The quantitative estimate of drug-likeness (QED) is 0.795. The SMILES string of the molecule is CC(NC(=O)Nc1ccc2c(c1)OCC(=O)N2)c1ccccc1Cl. The Kier molecular flexibility index (Phi) is 4.57. The first kappa shape index (κ1) is 16.1. The summed E-state index contributed by atoms with van der Waals surface area (Å²) in [4.78, 5) is 23.4. The van der Waals surface area contributed by atoms with E-state index in [-0.39, 0.29) is 24.6 Å². The summed E-state index contributed by atoms with van der Waals surface area (Å²) in [5, 5.41) is 8.86. The van der Waals surface area contributed by atoms with E-state index in [1.807, 2.05) is 25.1 Å². The number of halogens is 1. The second kappa shape index (κ2) is 6.80. The van der Waals surface area contributed by atoms with Crippen LogP contribution in [0.3, 0.4) is 0 Å². The van der Waals surface area contributed by atoms with Crippen LogP contribution in [0.2, 0.25) is 5.02 Å². The van der Waals surface area contributed by atoms with E-state index in [2.05, 4.69) is 16.0 Å². The highest BCUT2D eigenvalue weighted by Gasteiger charge is 2.17. The molecule has 1 atom stereocenters. The third-order valence-electron chi connectivity index (χ3n) is 3.59. The molecule has 0 aromatic heterocycles. The lowest BCUT2D eigenvalue weighted by atomic mass is 10.1. The molecular formula is C17H16ClN3O3. The highest BCUT2D eigenvalue weighted by molar-refractivity contribution is 6.31. The molecule has 24 heavy (non-hydrogen) atoms. The maximum absolute atomic E-state index is 12.2. The Hall–Kier alpha value is -2.73. The van der Waals surface area contributed by atoms with Crippen molar-refractivity contribution < 1.29 is 14.3 Å². The van der Waals surface area contributed by atoms with Gasteiger partial charge in [0.15, 0.2) is 6.61 Å². The number of anilines is 2. The van der Waals surface area contributed by atoms with Crippen molar-refractivity contribution in [1.29, 1.82) is 0 Å². The molecule has 0 spiro atoms. The van der Waals surface area contributed by atoms with Gasteiger partial charge in [-0.1, -0.05) is 29.8 Å².